The molecule has 6 heteroatoms. The predicted octanol–water partition coefficient (Wildman–Crippen LogP) is 7.42. The summed E-state index contributed by atoms with van der Waals surface area (Å²) in [5, 5.41) is 3.85. The van der Waals surface area contributed by atoms with E-state index in [0.717, 1.165) is 49.1 Å². The Morgan fingerprint density at radius 2 is 1.60 bits per heavy atom. The number of fused-ring (bicyclic) bond motifs is 5. The molecule has 0 aromatic heterocycles. The molecule has 0 radical (unpaired) electrons. The smallest absolute Gasteiger partial charge is 0.297 e. The van der Waals surface area contributed by atoms with Gasteiger partial charge in [-0.1, -0.05) is 48.4 Å². The molecule has 6 rings (SSSR count). The van der Waals surface area contributed by atoms with Gasteiger partial charge in [0.25, 0.3) is 10.1 Å². The summed E-state index contributed by atoms with van der Waals surface area (Å²) in [6, 6.07) is 22.2. The first-order chi connectivity index (χ1) is 19.2. The summed E-state index contributed by atoms with van der Waals surface area (Å²) in [7, 11) is -2.13. The van der Waals surface area contributed by atoms with Crippen LogP contribution in [0.4, 0.5) is 5.69 Å². The summed E-state index contributed by atoms with van der Waals surface area (Å²) in [4.78, 5) is 0.233. The van der Waals surface area contributed by atoms with Crippen LogP contribution < -0.4 is 10.1 Å². The Hall–Kier alpha value is -2.83. The molecule has 0 saturated heterocycles. The first kappa shape index (κ1) is 27.3. The lowest BCUT2D eigenvalue weighted by molar-refractivity contribution is -0.0517. The summed E-state index contributed by atoms with van der Waals surface area (Å²) >= 11 is 0. The highest BCUT2D eigenvalue weighted by atomic mass is 32.2. The van der Waals surface area contributed by atoms with Crippen LogP contribution in [0.15, 0.2) is 71.6 Å². The molecule has 0 bridgehead atoms. The Kier molecular flexibility index (Phi) is 7.20. The molecule has 0 unspecified atom stereocenters. The molecule has 40 heavy (non-hydrogen) atoms. The molecular formula is C34H41NO4S. The van der Waals surface area contributed by atoms with E-state index in [1.54, 1.807) is 19.2 Å². The third kappa shape index (κ3) is 5.05. The van der Waals surface area contributed by atoms with Gasteiger partial charge in [-0.05, 0) is 123 Å². The maximum atomic E-state index is 13.4. The van der Waals surface area contributed by atoms with Crippen LogP contribution >= 0.6 is 0 Å². The quantitative estimate of drug-likeness (QED) is 0.318. The Labute approximate surface area is 239 Å². The fraction of sp³-hybridized carbons (Fsp3) is 0.471. The zero-order chi connectivity index (χ0) is 28.1. The molecule has 3 aromatic rings. The third-order valence-electron chi connectivity index (χ3n) is 10.1. The van der Waals surface area contributed by atoms with Crippen molar-refractivity contribution in [2.75, 3.05) is 12.4 Å². The average molecular weight is 560 g/mol. The van der Waals surface area contributed by atoms with E-state index in [1.807, 2.05) is 19.1 Å². The highest BCUT2D eigenvalue weighted by Gasteiger charge is 2.55. The van der Waals surface area contributed by atoms with Crippen LogP contribution in [0.2, 0.25) is 0 Å². The van der Waals surface area contributed by atoms with Gasteiger partial charge < -0.3 is 10.1 Å². The average Bonchev–Trinajstić information content (AvgIpc) is 2.94. The number of aryl methyl sites for hydroxylation is 3. The zero-order valence-corrected chi connectivity index (χ0v) is 24.8. The van der Waals surface area contributed by atoms with Crippen LogP contribution in [0.5, 0.6) is 5.75 Å². The lowest BCUT2D eigenvalue weighted by Crippen LogP contribution is -2.57. The van der Waals surface area contributed by atoms with Gasteiger partial charge in [-0.15, -0.1) is 0 Å². The van der Waals surface area contributed by atoms with Crippen molar-refractivity contribution in [2.45, 2.75) is 82.3 Å². The van der Waals surface area contributed by atoms with Gasteiger partial charge in [-0.25, -0.2) is 0 Å². The van der Waals surface area contributed by atoms with Crippen molar-refractivity contribution in [1.29, 1.82) is 0 Å². The van der Waals surface area contributed by atoms with E-state index >= 15 is 0 Å². The van der Waals surface area contributed by atoms with E-state index in [-0.39, 0.29) is 22.5 Å². The predicted molar refractivity (Wildman–Crippen MR) is 159 cm³/mol. The second-order valence-electron chi connectivity index (χ2n) is 12.5. The van der Waals surface area contributed by atoms with Crippen LogP contribution in [-0.2, 0) is 20.7 Å². The maximum Gasteiger partial charge on any atom is 0.297 e. The maximum absolute atomic E-state index is 13.4. The molecule has 0 aliphatic heterocycles. The third-order valence-corrected chi connectivity index (χ3v) is 11.5. The number of anilines is 1. The van der Waals surface area contributed by atoms with Gasteiger partial charge in [0, 0.05) is 11.7 Å². The van der Waals surface area contributed by atoms with Gasteiger partial charge in [-0.3, -0.25) is 4.18 Å². The molecule has 3 aromatic carbocycles. The highest BCUT2D eigenvalue weighted by molar-refractivity contribution is 7.86. The van der Waals surface area contributed by atoms with Crippen molar-refractivity contribution in [2.24, 2.45) is 17.3 Å². The number of hydrogen-bond acceptors (Lipinski definition) is 5. The Balaban J connectivity index is 1.33. The first-order valence-corrected chi connectivity index (χ1v) is 16.1. The number of rotatable bonds is 6. The molecule has 0 heterocycles. The number of hydrogen-bond donors (Lipinski definition) is 1. The van der Waals surface area contributed by atoms with E-state index in [0.29, 0.717) is 24.2 Å². The molecule has 2 fully saturated rings. The van der Waals surface area contributed by atoms with Crippen LogP contribution in [0.3, 0.4) is 0 Å². The minimum Gasteiger partial charge on any atom is -0.497 e. The molecule has 3 aliphatic rings. The zero-order valence-electron chi connectivity index (χ0n) is 24.0. The highest BCUT2D eigenvalue weighted by Crippen LogP contribution is 2.60. The second-order valence-corrected chi connectivity index (χ2v) is 14.1. The van der Waals surface area contributed by atoms with E-state index in [4.69, 9.17) is 8.92 Å². The van der Waals surface area contributed by atoms with Gasteiger partial charge in [0.1, 0.15) is 5.75 Å². The minimum absolute atomic E-state index is 0.0451. The molecular weight excluding hydrogens is 518 g/mol. The molecule has 1 N–H and O–H groups in total. The van der Waals surface area contributed by atoms with E-state index < -0.39 is 10.1 Å². The minimum atomic E-state index is -3.86. The summed E-state index contributed by atoms with van der Waals surface area (Å²) in [6.07, 6.45) is 5.45. The Morgan fingerprint density at radius 3 is 2.30 bits per heavy atom. The van der Waals surface area contributed by atoms with Gasteiger partial charge in [0.15, 0.2) is 0 Å². The summed E-state index contributed by atoms with van der Waals surface area (Å²) in [5.41, 5.74) is 6.24. The molecule has 2 saturated carbocycles. The second kappa shape index (κ2) is 10.5. The molecule has 6 atom stereocenters. The van der Waals surface area contributed by atoms with Crippen molar-refractivity contribution in [1.82, 2.24) is 0 Å². The van der Waals surface area contributed by atoms with Gasteiger partial charge >= 0.3 is 0 Å². The first-order valence-electron chi connectivity index (χ1n) is 14.7. The van der Waals surface area contributed by atoms with Crippen molar-refractivity contribution < 1.29 is 17.3 Å². The van der Waals surface area contributed by atoms with Crippen molar-refractivity contribution in [3.05, 3.63) is 89.0 Å². The summed E-state index contributed by atoms with van der Waals surface area (Å²) in [5.74, 6) is 2.26. The lowest BCUT2D eigenvalue weighted by atomic mass is 9.49. The van der Waals surface area contributed by atoms with Crippen LogP contribution in [0.1, 0.15) is 67.2 Å². The Morgan fingerprint density at radius 1 is 0.900 bits per heavy atom. The number of methoxy groups -OCH3 is 1. The molecule has 3 aliphatic carbocycles. The van der Waals surface area contributed by atoms with Crippen molar-refractivity contribution in [3.63, 3.8) is 0 Å². The molecule has 0 amide bonds. The van der Waals surface area contributed by atoms with Crippen LogP contribution in [0.25, 0.3) is 0 Å². The van der Waals surface area contributed by atoms with Crippen LogP contribution in [-0.4, -0.2) is 27.7 Å². The normalized spacial score (nSPS) is 29.6. The summed E-state index contributed by atoms with van der Waals surface area (Å²) in [6.45, 7) is 6.49. The van der Waals surface area contributed by atoms with E-state index in [2.05, 4.69) is 61.6 Å². The van der Waals surface area contributed by atoms with Crippen molar-refractivity contribution in [3.8, 4) is 5.75 Å². The van der Waals surface area contributed by atoms with E-state index in [1.165, 1.54) is 16.7 Å². The molecule has 212 valence electrons. The largest absolute Gasteiger partial charge is 0.497 e. The standard InChI is InChI=1S/C34H41NO4S/c1-22-5-10-25(11-6-22)35-33-21-27(39-40(36,37)28-13-7-23(2)8-14-28)20-32-31-15-9-24-19-26(38-4)12-16-29(24)30(31)17-18-34(32,33)3/h5-8,10-14,16,19,27,30-33,35H,9,15,17-18,20-21H2,1-4H3/t27-,30+,31+,32-,33-,34-/m0/s1. The topological polar surface area (TPSA) is 64.6 Å². The summed E-state index contributed by atoms with van der Waals surface area (Å²) < 4.78 is 38.4. The van der Waals surface area contributed by atoms with Gasteiger partial charge in [0.2, 0.25) is 0 Å². The monoisotopic (exact) mass is 559 g/mol. The van der Waals surface area contributed by atoms with Gasteiger partial charge in [0.05, 0.1) is 18.1 Å². The fourth-order valence-electron chi connectivity index (χ4n) is 7.91. The van der Waals surface area contributed by atoms with Gasteiger partial charge in [-0.2, -0.15) is 8.42 Å². The van der Waals surface area contributed by atoms with Crippen LogP contribution in [0, 0.1) is 31.1 Å². The number of benzene rings is 3. The fourth-order valence-corrected chi connectivity index (χ4v) is 9.01. The van der Waals surface area contributed by atoms with E-state index in [9.17, 15) is 8.42 Å². The number of ether oxygens (including phenoxy) is 1. The lowest BCUT2D eigenvalue weighted by Gasteiger charge is -2.58. The number of nitrogens with one attached hydrogen (secondary N) is 1. The van der Waals surface area contributed by atoms with Crippen molar-refractivity contribution >= 4 is 15.8 Å². The molecule has 0 spiro atoms. The Bertz CT molecular complexity index is 1470. The SMILES string of the molecule is COc1ccc2c(c1)CC[C@@H]1[C@@H]2CC[C@]2(C)[C@@H](Nc3ccc(C)cc3)C[C@@H](OS(=O)(=O)c3ccc(C)cc3)C[C@@H]12. The molecule has 5 nitrogen and oxygen atoms in total.